The van der Waals surface area contributed by atoms with E-state index in [1.807, 2.05) is 298 Å². The van der Waals surface area contributed by atoms with Gasteiger partial charge in [0.25, 0.3) is 0 Å². The highest BCUT2D eigenvalue weighted by Crippen LogP contribution is 2.41. The Hall–Kier alpha value is -11.9. The van der Waals surface area contributed by atoms with Crippen LogP contribution in [0.2, 0.25) is 0 Å². The van der Waals surface area contributed by atoms with E-state index in [9.17, 15) is 63.6 Å². The Balaban J connectivity index is 0.000000246. The molecule has 25 nitrogen and oxygen atoms in total. The zero-order chi connectivity index (χ0) is 105. The van der Waals surface area contributed by atoms with Gasteiger partial charge in [-0.1, -0.05) is 262 Å². The predicted molar refractivity (Wildman–Crippen MR) is 576 cm³/mol. The van der Waals surface area contributed by atoms with Crippen molar-refractivity contribution < 1.29 is 96.8 Å². The van der Waals surface area contributed by atoms with Gasteiger partial charge < -0.3 is 54.4 Å². The predicted octanol–water partition coefficient (Wildman–Crippen LogP) is 16.2. The first-order chi connectivity index (χ1) is 70.0. The van der Waals surface area contributed by atoms with Crippen LogP contribution in [0.3, 0.4) is 0 Å². The number of ether oxygens (including phenoxy) is 7. The number of aryl methyl sites for hydroxylation is 1. The molecule has 31 heteroatoms. The molecular formula is C114H138N4O21S6. The van der Waals surface area contributed by atoms with Gasteiger partial charge in [-0.05, 0) is 184 Å². The van der Waals surface area contributed by atoms with Crippen molar-refractivity contribution >= 4 is 112 Å². The highest BCUT2D eigenvalue weighted by molar-refractivity contribution is 7.85. The summed E-state index contributed by atoms with van der Waals surface area (Å²) in [6.45, 7) is 5.30. The lowest BCUT2D eigenvalue weighted by atomic mass is 9.91. The van der Waals surface area contributed by atoms with Crippen molar-refractivity contribution in [2.24, 2.45) is 17.8 Å². The maximum Gasteiger partial charge on any atom is 0.324 e. The number of fused-ring (bicyclic) bond motifs is 2. The van der Waals surface area contributed by atoms with E-state index < -0.39 is 107 Å². The number of hydrogen-bond acceptors (Lipinski definition) is 24. The van der Waals surface area contributed by atoms with Crippen molar-refractivity contribution in [3.8, 4) is 5.75 Å². The van der Waals surface area contributed by atoms with Crippen molar-refractivity contribution in [1.29, 1.82) is 0 Å². The lowest BCUT2D eigenvalue weighted by Gasteiger charge is -2.28. The number of ketones is 2. The molecule has 12 rings (SSSR count). The van der Waals surface area contributed by atoms with Crippen LogP contribution in [0.25, 0.3) is 0 Å². The molecule has 4 N–H and O–H groups in total. The van der Waals surface area contributed by atoms with Gasteiger partial charge in [-0.2, -0.15) is 0 Å². The Morgan fingerprint density at radius 1 is 0.345 bits per heavy atom. The number of nitrogens with one attached hydrogen (secondary N) is 4. The van der Waals surface area contributed by atoms with Crippen LogP contribution in [0.5, 0.6) is 5.75 Å². The van der Waals surface area contributed by atoms with E-state index in [-0.39, 0.29) is 105 Å². The second kappa shape index (κ2) is 67.7. The van der Waals surface area contributed by atoms with Gasteiger partial charge in [0, 0.05) is 150 Å². The van der Waals surface area contributed by atoms with E-state index in [4.69, 9.17) is 33.2 Å². The summed E-state index contributed by atoms with van der Waals surface area (Å²) in [7, 11) is 2.31. The number of carbonyl (C=O) groups is 8. The number of hydrogen-bond donors (Lipinski definition) is 4. The van der Waals surface area contributed by atoms with Gasteiger partial charge in [-0.25, -0.2) is 4.21 Å². The molecule has 12 unspecified atom stereocenters. The third-order valence-electron chi connectivity index (χ3n) is 23.2. The number of Topliss-reactive ketones (excluding diaryl/α,β-unsaturated/α-hetero) is 2. The van der Waals surface area contributed by atoms with Crippen molar-refractivity contribution in [3.63, 3.8) is 0 Å². The van der Waals surface area contributed by atoms with E-state index in [0.29, 0.717) is 79.5 Å². The van der Waals surface area contributed by atoms with E-state index in [0.717, 1.165) is 83.2 Å². The van der Waals surface area contributed by atoms with Gasteiger partial charge >= 0.3 is 29.8 Å². The Labute approximate surface area is 869 Å². The van der Waals surface area contributed by atoms with Crippen LogP contribution in [0.1, 0.15) is 126 Å². The van der Waals surface area contributed by atoms with Gasteiger partial charge in [0.15, 0.2) is 17.7 Å². The summed E-state index contributed by atoms with van der Waals surface area (Å²) >= 11 is 0. The van der Waals surface area contributed by atoms with Gasteiger partial charge in [0.05, 0.1) is 70.8 Å². The molecule has 0 saturated heterocycles. The normalized spacial score (nSPS) is 14.5. The van der Waals surface area contributed by atoms with Crippen molar-refractivity contribution in [2.45, 2.75) is 167 Å². The number of carbonyl (C=O) groups excluding carboxylic acids is 8. The summed E-state index contributed by atoms with van der Waals surface area (Å²) in [6, 6.07) is 93.0. The molecule has 11 aromatic carbocycles. The monoisotopic (exact) mass is 2090 g/mol. The molecule has 0 aliphatic carbocycles. The maximum absolute atomic E-state index is 13.5. The highest BCUT2D eigenvalue weighted by Gasteiger charge is 2.36. The summed E-state index contributed by atoms with van der Waals surface area (Å²) in [5.41, 5.74) is 10.4. The SMILES string of the molecule is CCC(Cc1ccccc1)C(=O)OCc1ccc(S(C)=O)cc1.CCOC(=O)C(CCS(C)=O)NC.CNC(CCS(C)=O)C(=O)CC(Cc1ccccc1)C(=O)OCc1ccccc1.CNC(Cc1ccccc1)C(=O)OC1c2ccccc2S(=O)c2ccccc21.COCc1ccc(S(C)=O)cc1.COc1ccc(CCC(=O)NC(CCS(C)=O)C(=O)CC(Cc2ccccc2)C(=O)OCc2ccccc2)cc1. The zero-order valence-corrected chi connectivity index (χ0v) is 89.6. The van der Waals surface area contributed by atoms with Gasteiger partial charge in [-0.15, -0.1) is 0 Å². The van der Waals surface area contributed by atoms with Crippen LogP contribution in [0, 0.1) is 17.8 Å². The zero-order valence-electron chi connectivity index (χ0n) is 84.7. The average Bonchev–Trinajstić information content (AvgIpc) is 0.755. The molecule has 145 heavy (non-hydrogen) atoms. The van der Waals surface area contributed by atoms with Crippen molar-refractivity contribution in [1.82, 2.24) is 21.3 Å². The third-order valence-corrected chi connectivity index (χ3v) is 29.1. The van der Waals surface area contributed by atoms with E-state index in [1.165, 1.54) is 0 Å². The van der Waals surface area contributed by atoms with Crippen LogP contribution in [0.4, 0.5) is 0 Å². The average molecular weight is 2090 g/mol. The summed E-state index contributed by atoms with van der Waals surface area (Å²) in [4.78, 5) is 105. The second-order valence-electron chi connectivity index (χ2n) is 34.1. The molecule has 0 spiro atoms. The molecule has 1 amide bonds. The molecule has 11 aromatic rings. The number of methoxy groups -OCH3 is 2. The Bertz CT molecular complexity index is 5860. The van der Waals surface area contributed by atoms with Crippen LogP contribution in [-0.2, 0) is 190 Å². The van der Waals surface area contributed by atoms with Crippen molar-refractivity contribution in [2.75, 3.05) is 90.5 Å². The molecule has 0 aromatic heterocycles. The van der Waals surface area contributed by atoms with E-state index in [1.54, 1.807) is 85.7 Å². The number of rotatable bonds is 49. The smallest absolute Gasteiger partial charge is 0.324 e. The van der Waals surface area contributed by atoms with Crippen LogP contribution in [-0.4, -0.2) is 187 Å². The minimum Gasteiger partial charge on any atom is -0.497 e. The summed E-state index contributed by atoms with van der Waals surface area (Å²) in [5, 5.41) is 11.7. The first kappa shape index (κ1) is 120. The molecular weight excluding hydrogens is 1950 g/mol. The topological polar surface area (TPSA) is 352 Å². The first-order valence-corrected chi connectivity index (χ1v) is 57.3. The number of esters is 5. The largest absolute Gasteiger partial charge is 0.497 e. The maximum atomic E-state index is 13.5. The fourth-order valence-corrected chi connectivity index (χ4v) is 19.3. The molecule has 12 atom stereocenters. The lowest BCUT2D eigenvalue weighted by molar-refractivity contribution is -0.152. The van der Waals surface area contributed by atoms with Crippen molar-refractivity contribution in [3.05, 3.63) is 365 Å². The van der Waals surface area contributed by atoms with Crippen LogP contribution in [0.15, 0.2) is 323 Å². The minimum atomic E-state index is -1.28. The molecule has 0 saturated carbocycles. The van der Waals surface area contributed by atoms with Gasteiger partial charge in [-0.3, -0.25) is 59.4 Å². The number of amides is 1. The Morgan fingerprint density at radius 3 is 1.04 bits per heavy atom. The highest BCUT2D eigenvalue weighted by atomic mass is 32.2. The van der Waals surface area contributed by atoms with Gasteiger partial charge in [0.1, 0.15) is 37.7 Å². The lowest BCUT2D eigenvalue weighted by Crippen LogP contribution is -2.43. The van der Waals surface area contributed by atoms with E-state index >= 15 is 0 Å². The molecule has 1 heterocycles. The molecule has 776 valence electrons. The summed E-state index contributed by atoms with van der Waals surface area (Å²) < 4.78 is 107. The molecule has 0 bridgehead atoms. The van der Waals surface area contributed by atoms with Crippen LogP contribution < -0.4 is 26.0 Å². The second-order valence-corrected chi connectivity index (χ2v) is 43.0. The summed E-state index contributed by atoms with van der Waals surface area (Å²) in [6.07, 6.45) is 12.3. The molecule has 0 radical (unpaired) electrons. The number of likely N-dealkylation sites (N-methyl/N-ethyl adjacent to an activating group) is 3. The van der Waals surface area contributed by atoms with Gasteiger partial charge in [0.2, 0.25) is 5.91 Å². The molecule has 1 aliphatic heterocycles. The minimum absolute atomic E-state index is 0.0597. The Kier molecular flexibility index (Phi) is 56.1. The molecule has 1 aliphatic rings. The van der Waals surface area contributed by atoms with E-state index in [2.05, 4.69) is 21.3 Å². The fourth-order valence-electron chi connectivity index (χ4n) is 15.1. The fraction of sp³-hybridized carbons (Fsp3) is 0.351. The van der Waals surface area contributed by atoms with Crippen LogP contribution >= 0.6 is 0 Å². The Morgan fingerprint density at radius 2 is 0.676 bits per heavy atom. The first-order valence-electron chi connectivity index (χ1n) is 47.9. The standard InChI is InChI=1S/C32H37NO6S.C23H29NO4S.C23H21NO3S.C19H22O3S.C9H12O2S.C8H17NO3S/c1-38-28-16-13-24(14-17-28)15-18-31(35)33-29(19-20-40(2)37)30(34)22-27(21-25-9-5-3-6-10-25)32(36)39-23-26-11-7-4-8-12-26;1-24-21(13-14-29(2)27)22(25)16-20(15-18-9-5-3-6-10-18)23(26)28-17-19-11-7-4-8-12-19;1-24-19(15-16-9-3-2-4-10-16)23(25)27-22-17-11-5-7-13-20(17)28(26)21-14-8-6-12-18(21)22;1-3-17(13-15-7-5-4-6-8-15)19(20)22-14-16-9-11-18(12-10-16)23(2)21;1-11-7-8-3-5-9(6-4-8)12(2)10;1-4-12-8(10)7(9-2)5-6-13(3)11/h3-14,16-17,27,29H,15,18-23H2,1-2H3,(H,33,35);3-12,20-21,24H,13-17H2,1-2H3;2-14,19,22,24H,15H2,1H3;4-12,17H,3,13-14H2,1-2H3;3-6H,7H2,1-2H3;7,9H,4-6H2,1-3H3. The third kappa shape index (κ3) is 44.9. The molecule has 0 fully saturated rings. The number of benzene rings is 11. The summed E-state index contributed by atoms with van der Waals surface area (Å²) in [5.74, 6) is -1.66. The quantitative estimate of drug-likeness (QED) is 0.0203.